The molecule has 1 N–H and O–H groups in total. The number of halogens is 1. The smallest absolute Gasteiger partial charge is 0.322 e. The van der Waals surface area contributed by atoms with Crippen LogP contribution in [0.4, 0.5) is 0 Å². The summed E-state index contributed by atoms with van der Waals surface area (Å²) in [5, 5.41) is 4.01. The molecule has 0 amide bonds. The molecule has 1 aromatic rings. The normalized spacial score (nSPS) is 14.2. The molecule has 0 saturated heterocycles. The predicted octanol–water partition coefficient (Wildman–Crippen LogP) is 3.58. The molecule has 1 aromatic carbocycles. The summed E-state index contributed by atoms with van der Waals surface area (Å²) in [5.74, 6) is 0.200. The summed E-state index contributed by atoms with van der Waals surface area (Å²) < 4.78 is 4.85. The summed E-state index contributed by atoms with van der Waals surface area (Å²) in [6.07, 6.45) is 0.748. The number of ether oxygens (including phenoxy) is 1. The second-order valence-corrected chi connectivity index (χ2v) is 5.59. The third-order valence-corrected chi connectivity index (χ3v) is 3.23. The van der Waals surface area contributed by atoms with Gasteiger partial charge < -0.3 is 4.74 Å². The molecule has 0 bridgehead atoms. The fraction of sp³-hybridized carbons (Fsp3) is 0.533. The highest BCUT2D eigenvalue weighted by Gasteiger charge is 2.22. The Hall–Kier alpha value is -1.06. The van der Waals surface area contributed by atoms with Crippen LogP contribution >= 0.6 is 11.6 Å². The predicted molar refractivity (Wildman–Crippen MR) is 78.3 cm³/mol. The molecule has 0 aliphatic carbocycles. The van der Waals surface area contributed by atoms with Crippen LogP contribution in [0.3, 0.4) is 0 Å². The van der Waals surface area contributed by atoms with E-state index in [0.717, 1.165) is 12.0 Å². The van der Waals surface area contributed by atoms with Crippen molar-refractivity contribution < 1.29 is 9.53 Å². The Morgan fingerprint density at radius 2 is 2.05 bits per heavy atom. The van der Waals surface area contributed by atoms with E-state index in [1.807, 2.05) is 31.2 Å². The zero-order valence-corrected chi connectivity index (χ0v) is 12.7. The minimum Gasteiger partial charge on any atom is -0.468 e. The van der Waals surface area contributed by atoms with Crippen LogP contribution in [0.5, 0.6) is 0 Å². The molecule has 0 heterocycles. The van der Waals surface area contributed by atoms with Gasteiger partial charge in [0.1, 0.15) is 6.04 Å². The second-order valence-electron chi connectivity index (χ2n) is 5.15. The van der Waals surface area contributed by atoms with Gasteiger partial charge in [0, 0.05) is 11.1 Å². The fourth-order valence-electron chi connectivity index (χ4n) is 2.02. The first-order valence-corrected chi connectivity index (χ1v) is 6.91. The zero-order valence-electron chi connectivity index (χ0n) is 11.9. The van der Waals surface area contributed by atoms with Crippen molar-refractivity contribution in [2.45, 2.75) is 39.3 Å². The first-order chi connectivity index (χ1) is 8.93. The summed E-state index contributed by atoms with van der Waals surface area (Å²) in [6, 6.07) is 7.39. The molecule has 0 saturated carbocycles. The largest absolute Gasteiger partial charge is 0.468 e. The average molecular weight is 284 g/mol. The van der Waals surface area contributed by atoms with Crippen molar-refractivity contribution in [3.63, 3.8) is 0 Å². The lowest BCUT2D eigenvalue weighted by Gasteiger charge is -2.23. The van der Waals surface area contributed by atoms with Crippen LogP contribution in [0.1, 0.15) is 38.8 Å². The third-order valence-electron chi connectivity index (χ3n) is 2.99. The monoisotopic (exact) mass is 283 g/mol. The van der Waals surface area contributed by atoms with Crippen LogP contribution in [-0.4, -0.2) is 19.1 Å². The van der Waals surface area contributed by atoms with Crippen molar-refractivity contribution in [3.05, 3.63) is 34.9 Å². The number of nitrogens with one attached hydrogen (secondary N) is 1. The van der Waals surface area contributed by atoms with Gasteiger partial charge in [0.15, 0.2) is 0 Å². The molecule has 0 radical (unpaired) electrons. The molecule has 0 aliphatic heterocycles. The summed E-state index contributed by atoms with van der Waals surface area (Å²) in [6.45, 7) is 6.19. The van der Waals surface area contributed by atoms with Gasteiger partial charge in [0.2, 0.25) is 0 Å². The van der Waals surface area contributed by atoms with E-state index in [2.05, 4.69) is 19.2 Å². The van der Waals surface area contributed by atoms with Gasteiger partial charge in [-0.25, -0.2) is 0 Å². The SMILES string of the molecule is COC(=O)C(CC(C)C)NC(C)c1cccc(Cl)c1. The fourth-order valence-corrected chi connectivity index (χ4v) is 2.22. The zero-order chi connectivity index (χ0) is 14.4. The van der Waals surface area contributed by atoms with Gasteiger partial charge >= 0.3 is 5.97 Å². The van der Waals surface area contributed by atoms with E-state index in [1.165, 1.54) is 7.11 Å². The number of hydrogen-bond acceptors (Lipinski definition) is 3. The molecular weight excluding hydrogens is 262 g/mol. The number of rotatable bonds is 6. The van der Waals surface area contributed by atoms with Gasteiger partial charge in [-0.2, -0.15) is 0 Å². The number of carbonyl (C=O) groups is 1. The molecule has 0 spiro atoms. The van der Waals surface area contributed by atoms with Crippen LogP contribution in [0, 0.1) is 5.92 Å². The lowest BCUT2D eigenvalue weighted by atomic mass is 10.0. The molecule has 0 aliphatic rings. The molecule has 2 unspecified atom stereocenters. The quantitative estimate of drug-likeness (QED) is 0.811. The number of carbonyl (C=O) groups excluding carboxylic acids is 1. The van der Waals surface area contributed by atoms with Crippen LogP contribution < -0.4 is 5.32 Å². The molecule has 19 heavy (non-hydrogen) atoms. The topological polar surface area (TPSA) is 38.3 Å². The maximum absolute atomic E-state index is 11.8. The van der Waals surface area contributed by atoms with Crippen molar-refractivity contribution >= 4 is 17.6 Å². The van der Waals surface area contributed by atoms with Gasteiger partial charge in [-0.1, -0.05) is 37.6 Å². The number of esters is 1. The van der Waals surface area contributed by atoms with Crippen molar-refractivity contribution in [3.8, 4) is 0 Å². The molecule has 2 atom stereocenters. The maximum Gasteiger partial charge on any atom is 0.322 e. The Kier molecular flexibility index (Phi) is 6.32. The van der Waals surface area contributed by atoms with Gasteiger partial charge in [0.25, 0.3) is 0 Å². The van der Waals surface area contributed by atoms with E-state index in [1.54, 1.807) is 0 Å². The minimum absolute atomic E-state index is 0.0431. The van der Waals surface area contributed by atoms with Crippen LogP contribution in [0.2, 0.25) is 5.02 Å². The Balaban J connectivity index is 2.75. The van der Waals surface area contributed by atoms with Crippen LogP contribution in [0.15, 0.2) is 24.3 Å². The van der Waals surface area contributed by atoms with Crippen molar-refractivity contribution in [2.75, 3.05) is 7.11 Å². The number of hydrogen-bond donors (Lipinski definition) is 1. The summed E-state index contributed by atoms with van der Waals surface area (Å²) >= 11 is 5.98. The first kappa shape index (κ1) is 16.0. The van der Waals surface area contributed by atoms with Crippen LogP contribution in [0.25, 0.3) is 0 Å². The average Bonchev–Trinajstić information content (AvgIpc) is 2.36. The van der Waals surface area contributed by atoms with Gasteiger partial charge in [-0.05, 0) is 37.0 Å². The van der Waals surface area contributed by atoms with E-state index in [-0.39, 0.29) is 18.1 Å². The molecule has 0 fully saturated rings. The van der Waals surface area contributed by atoms with Gasteiger partial charge in [-0.3, -0.25) is 10.1 Å². The molecular formula is C15H22ClNO2. The van der Waals surface area contributed by atoms with E-state index in [9.17, 15) is 4.79 Å². The lowest BCUT2D eigenvalue weighted by Crippen LogP contribution is -2.40. The van der Waals surface area contributed by atoms with E-state index in [4.69, 9.17) is 16.3 Å². The molecule has 106 valence electrons. The van der Waals surface area contributed by atoms with Gasteiger partial charge in [-0.15, -0.1) is 0 Å². The van der Waals surface area contributed by atoms with E-state index >= 15 is 0 Å². The molecule has 1 rings (SSSR count). The van der Waals surface area contributed by atoms with Gasteiger partial charge in [0.05, 0.1) is 7.11 Å². The molecule has 3 nitrogen and oxygen atoms in total. The summed E-state index contributed by atoms with van der Waals surface area (Å²) in [5.41, 5.74) is 1.06. The molecule has 4 heteroatoms. The third kappa shape index (κ3) is 5.21. The van der Waals surface area contributed by atoms with Crippen LogP contribution in [-0.2, 0) is 9.53 Å². The maximum atomic E-state index is 11.8. The lowest BCUT2D eigenvalue weighted by molar-refractivity contribution is -0.143. The Bertz CT molecular complexity index is 420. The highest BCUT2D eigenvalue weighted by molar-refractivity contribution is 6.30. The summed E-state index contributed by atoms with van der Waals surface area (Å²) in [4.78, 5) is 11.8. The van der Waals surface area contributed by atoms with Crippen molar-refractivity contribution in [1.29, 1.82) is 0 Å². The Morgan fingerprint density at radius 3 is 2.58 bits per heavy atom. The first-order valence-electron chi connectivity index (χ1n) is 6.53. The number of benzene rings is 1. The van der Waals surface area contributed by atoms with E-state index < -0.39 is 0 Å². The molecule has 0 aromatic heterocycles. The Morgan fingerprint density at radius 1 is 1.37 bits per heavy atom. The minimum atomic E-state index is -0.293. The Labute approximate surface area is 120 Å². The van der Waals surface area contributed by atoms with Crippen molar-refractivity contribution in [1.82, 2.24) is 5.32 Å². The highest BCUT2D eigenvalue weighted by Crippen LogP contribution is 2.19. The number of methoxy groups -OCH3 is 1. The summed E-state index contributed by atoms with van der Waals surface area (Å²) in [7, 11) is 1.42. The van der Waals surface area contributed by atoms with Crippen molar-refractivity contribution in [2.24, 2.45) is 5.92 Å². The highest BCUT2D eigenvalue weighted by atomic mass is 35.5. The van der Waals surface area contributed by atoms with E-state index in [0.29, 0.717) is 10.9 Å². The standard InChI is InChI=1S/C15H22ClNO2/c1-10(2)8-14(15(18)19-4)17-11(3)12-6-5-7-13(16)9-12/h5-7,9-11,14,17H,8H2,1-4H3. The second kappa shape index (κ2) is 7.51.